The van der Waals surface area contributed by atoms with Crippen LogP contribution >= 0.6 is 0 Å². The van der Waals surface area contributed by atoms with Crippen LogP contribution in [0.2, 0.25) is 0 Å². The van der Waals surface area contributed by atoms with E-state index in [4.69, 9.17) is 0 Å². The Morgan fingerprint density at radius 1 is 1.22 bits per heavy atom. The second-order valence-corrected chi connectivity index (χ2v) is 4.06. The summed E-state index contributed by atoms with van der Waals surface area (Å²) in [6.45, 7) is 2.44. The summed E-state index contributed by atoms with van der Waals surface area (Å²) < 4.78 is 1.92. The minimum atomic E-state index is -0.422. The fourth-order valence-corrected chi connectivity index (χ4v) is 1.72. The zero-order chi connectivity index (χ0) is 13.1. The van der Waals surface area contributed by atoms with E-state index in [2.05, 4.69) is 0 Å². The number of nitro benzene ring substituents is 1. The molecule has 5 heteroatoms. The molecule has 92 valence electrons. The molecule has 2 rings (SSSR count). The number of aromatic nitrogens is 1. The second-order valence-electron chi connectivity index (χ2n) is 4.06. The van der Waals surface area contributed by atoms with E-state index in [1.165, 1.54) is 18.2 Å². The highest BCUT2D eigenvalue weighted by Gasteiger charge is 2.04. The average Bonchev–Trinajstić information content (AvgIpc) is 2.33. The number of aryl methyl sites for hydroxylation is 1. The van der Waals surface area contributed by atoms with Crippen molar-refractivity contribution in [2.75, 3.05) is 0 Å². The van der Waals surface area contributed by atoms with Gasteiger partial charge in [-0.15, -0.1) is 0 Å². The quantitative estimate of drug-likeness (QED) is 0.613. The van der Waals surface area contributed by atoms with Crippen LogP contribution < -0.4 is 5.43 Å². The van der Waals surface area contributed by atoms with E-state index in [1.807, 2.05) is 11.5 Å². The maximum Gasteiger partial charge on any atom is 0.269 e. The number of pyridine rings is 1. The van der Waals surface area contributed by atoms with Crippen molar-refractivity contribution in [1.29, 1.82) is 0 Å². The van der Waals surface area contributed by atoms with Crippen LogP contribution in [0.4, 0.5) is 5.69 Å². The summed E-state index contributed by atoms with van der Waals surface area (Å²) in [4.78, 5) is 21.2. The summed E-state index contributed by atoms with van der Waals surface area (Å²) in [5, 5.41) is 10.5. The second kappa shape index (κ2) is 4.83. The highest BCUT2D eigenvalue weighted by atomic mass is 16.6. The predicted molar refractivity (Wildman–Crippen MR) is 67.6 cm³/mol. The maximum absolute atomic E-state index is 11.1. The van der Waals surface area contributed by atoms with E-state index in [1.54, 1.807) is 24.4 Å². The van der Waals surface area contributed by atoms with Crippen LogP contribution in [0.5, 0.6) is 0 Å². The molecule has 0 aliphatic heterocycles. The molecular formula is C13H12N2O3. The zero-order valence-electron chi connectivity index (χ0n) is 9.87. The first-order valence-electron chi connectivity index (χ1n) is 5.47. The van der Waals surface area contributed by atoms with Gasteiger partial charge in [-0.1, -0.05) is 12.1 Å². The van der Waals surface area contributed by atoms with Crippen LogP contribution in [0.1, 0.15) is 11.3 Å². The fourth-order valence-electron chi connectivity index (χ4n) is 1.72. The Balaban J connectivity index is 2.23. The van der Waals surface area contributed by atoms with Gasteiger partial charge >= 0.3 is 0 Å². The normalized spacial score (nSPS) is 10.3. The van der Waals surface area contributed by atoms with Gasteiger partial charge in [0, 0.05) is 42.7 Å². The van der Waals surface area contributed by atoms with E-state index in [9.17, 15) is 14.9 Å². The average molecular weight is 244 g/mol. The molecule has 0 aliphatic rings. The molecule has 5 nitrogen and oxygen atoms in total. The summed E-state index contributed by atoms with van der Waals surface area (Å²) in [6.07, 6.45) is 1.72. The molecule has 0 saturated heterocycles. The van der Waals surface area contributed by atoms with Gasteiger partial charge in [0.25, 0.3) is 5.69 Å². The van der Waals surface area contributed by atoms with Gasteiger partial charge in [-0.3, -0.25) is 14.9 Å². The number of hydrogen-bond donors (Lipinski definition) is 0. The molecule has 0 N–H and O–H groups in total. The molecule has 0 radical (unpaired) electrons. The number of nitro groups is 1. The first-order chi connectivity index (χ1) is 8.56. The molecule has 0 fully saturated rings. The van der Waals surface area contributed by atoms with E-state index in [0.717, 1.165) is 11.3 Å². The first kappa shape index (κ1) is 12.0. The topological polar surface area (TPSA) is 65.1 Å². The maximum atomic E-state index is 11.1. The van der Waals surface area contributed by atoms with E-state index < -0.39 is 4.92 Å². The molecule has 1 aromatic carbocycles. The third kappa shape index (κ3) is 2.63. The Morgan fingerprint density at radius 2 is 1.89 bits per heavy atom. The number of non-ortho nitro benzene ring substituents is 1. The van der Waals surface area contributed by atoms with Crippen molar-refractivity contribution in [3.63, 3.8) is 0 Å². The first-order valence-corrected chi connectivity index (χ1v) is 5.47. The summed E-state index contributed by atoms with van der Waals surface area (Å²) in [6, 6.07) is 9.45. The third-order valence-corrected chi connectivity index (χ3v) is 2.72. The Morgan fingerprint density at radius 3 is 2.44 bits per heavy atom. The molecule has 0 bridgehead atoms. The largest absolute Gasteiger partial charge is 0.347 e. The van der Waals surface area contributed by atoms with Crippen LogP contribution in [0.25, 0.3) is 0 Å². The van der Waals surface area contributed by atoms with Gasteiger partial charge < -0.3 is 4.57 Å². The number of rotatable bonds is 3. The van der Waals surface area contributed by atoms with Crippen molar-refractivity contribution < 1.29 is 4.92 Å². The molecule has 0 saturated carbocycles. The van der Waals surface area contributed by atoms with Crippen molar-refractivity contribution in [1.82, 2.24) is 4.57 Å². The van der Waals surface area contributed by atoms with E-state index >= 15 is 0 Å². The molecule has 18 heavy (non-hydrogen) atoms. The molecule has 0 aliphatic carbocycles. The van der Waals surface area contributed by atoms with Crippen LogP contribution in [-0.2, 0) is 6.54 Å². The minimum Gasteiger partial charge on any atom is -0.347 e. The third-order valence-electron chi connectivity index (χ3n) is 2.72. The smallest absolute Gasteiger partial charge is 0.269 e. The predicted octanol–water partition coefficient (Wildman–Crippen LogP) is 2.11. The van der Waals surface area contributed by atoms with Gasteiger partial charge in [0.15, 0.2) is 5.43 Å². The zero-order valence-corrected chi connectivity index (χ0v) is 9.87. The van der Waals surface area contributed by atoms with Crippen molar-refractivity contribution in [2.24, 2.45) is 0 Å². The molecule has 2 aromatic rings. The number of hydrogen-bond acceptors (Lipinski definition) is 3. The lowest BCUT2D eigenvalue weighted by molar-refractivity contribution is -0.384. The summed E-state index contributed by atoms with van der Waals surface area (Å²) in [5.74, 6) is 0. The van der Waals surface area contributed by atoms with Gasteiger partial charge in [-0.05, 0) is 12.5 Å². The Hall–Kier alpha value is -2.43. The Kier molecular flexibility index (Phi) is 3.23. The molecule has 0 amide bonds. The van der Waals surface area contributed by atoms with Crippen molar-refractivity contribution in [3.05, 3.63) is 74.2 Å². The van der Waals surface area contributed by atoms with Crippen LogP contribution in [0, 0.1) is 17.0 Å². The van der Waals surface area contributed by atoms with Gasteiger partial charge in [0.2, 0.25) is 0 Å². The van der Waals surface area contributed by atoms with Crippen molar-refractivity contribution >= 4 is 5.69 Å². The standard InChI is InChI=1S/C13H12N2O3/c1-10-8-13(16)6-7-14(10)9-11-2-4-12(5-3-11)15(17)18/h2-8H,9H2,1H3. The molecular weight excluding hydrogens is 232 g/mol. The van der Waals surface area contributed by atoms with Gasteiger partial charge in [-0.25, -0.2) is 0 Å². The number of benzene rings is 1. The summed E-state index contributed by atoms with van der Waals surface area (Å²) >= 11 is 0. The molecule has 0 spiro atoms. The van der Waals surface area contributed by atoms with Gasteiger partial charge in [0.1, 0.15) is 0 Å². The fraction of sp³-hybridized carbons (Fsp3) is 0.154. The lowest BCUT2D eigenvalue weighted by Gasteiger charge is -2.09. The van der Waals surface area contributed by atoms with Gasteiger partial charge in [0.05, 0.1) is 4.92 Å². The summed E-state index contributed by atoms with van der Waals surface area (Å²) in [5.41, 5.74) is 1.87. The van der Waals surface area contributed by atoms with E-state index in [0.29, 0.717) is 6.54 Å². The Bertz CT molecular complexity index is 629. The number of nitrogens with zero attached hydrogens (tertiary/aromatic N) is 2. The monoisotopic (exact) mass is 244 g/mol. The van der Waals surface area contributed by atoms with Crippen LogP contribution in [-0.4, -0.2) is 9.49 Å². The minimum absolute atomic E-state index is 0.0209. The molecule has 1 aromatic heterocycles. The SMILES string of the molecule is Cc1cc(=O)ccn1Cc1ccc([N+](=O)[O-])cc1. The van der Waals surface area contributed by atoms with Crippen LogP contribution in [0.3, 0.4) is 0 Å². The lowest BCUT2D eigenvalue weighted by atomic mass is 10.2. The lowest BCUT2D eigenvalue weighted by Crippen LogP contribution is -2.09. The highest BCUT2D eigenvalue weighted by Crippen LogP contribution is 2.13. The van der Waals surface area contributed by atoms with Crippen LogP contribution in [0.15, 0.2) is 47.4 Å². The van der Waals surface area contributed by atoms with Crippen molar-refractivity contribution in [2.45, 2.75) is 13.5 Å². The van der Waals surface area contributed by atoms with Gasteiger partial charge in [-0.2, -0.15) is 0 Å². The molecule has 0 unspecified atom stereocenters. The molecule has 1 heterocycles. The van der Waals surface area contributed by atoms with E-state index in [-0.39, 0.29) is 11.1 Å². The van der Waals surface area contributed by atoms with Crippen molar-refractivity contribution in [3.8, 4) is 0 Å². The highest BCUT2D eigenvalue weighted by molar-refractivity contribution is 5.33. The summed E-state index contributed by atoms with van der Waals surface area (Å²) in [7, 11) is 0. The molecule has 0 atom stereocenters. The Labute approximate surface area is 103 Å².